The lowest BCUT2D eigenvalue weighted by Gasteiger charge is -2.32. The number of rotatable bonds is 4. The molecule has 0 aromatic carbocycles. The van der Waals surface area contributed by atoms with Gasteiger partial charge < -0.3 is 9.31 Å². The van der Waals surface area contributed by atoms with Crippen molar-refractivity contribution in [3.63, 3.8) is 0 Å². The molecule has 0 spiro atoms. The van der Waals surface area contributed by atoms with Crippen LogP contribution in [0.3, 0.4) is 0 Å². The predicted molar refractivity (Wildman–Crippen MR) is 93.2 cm³/mol. The van der Waals surface area contributed by atoms with Crippen LogP contribution in [0.2, 0.25) is 0 Å². The molecule has 25 heavy (non-hydrogen) atoms. The Bertz CT molecular complexity index is 773. The van der Waals surface area contributed by atoms with Crippen LogP contribution in [-0.4, -0.2) is 38.1 Å². The van der Waals surface area contributed by atoms with Crippen LogP contribution in [0.5, 0.6) is 0 Å². The summed E-state index contributed by atoms with van der Waals surface area (Å²) in [6, 6.07) is 0. The van der Waals surface area contributed by atoms with Crippen molar-refractivity contribution >= 4 is 7.12 Å². The lowest BCUT2D eigenvalue weighted by Crippen LogP contribution is -2.41. The number of allylic oxidation sites excluding steroid dienone is 1. The van der Waals surface area contributed by atoms with E-state index in [4.69, 9.17) is 9.31 Å². The highest BCUT2D eigenvalue weighted by Crippen LogP contribution is 2.38. The molecule has 1 fully saturated rings. The molecule has 0 N–H and O–H groups in total. The van der Waals surface area contributed by atoms with Crippen molar-refractivity contribution in [3.05, 3.63) is 42.2 Å². The van der Waals surface area contributed by atoms with E-state index < -0.39 is 24.0 Å². The maximum absolute atomic E-state index is 14.6. The highest BCUT2D eigenvalue weighted by molar-refractivity contribution is 6.53. The molecule has 0 saturated carbocycles. The molecule has 0 bridgehead atoms. The Hall–Kier alpha value is -2.06. The lowest BCUT2D eigenvalue weighted by molar-refractivity contribution is 0.00578. The molecule has 1 saturated heterocycles. The fourth-order valence-electron chi connectivity index (χ4n) is 2.58. The zero-order valence-electron chi connectivity index (χ0n) is 15.2. The monoisotopic (exact) mass is 344 g/mol. The van der Waals surface area contributed by atoms with Gasteiger partial charge >= 0.3 is 7.12 Å². The first-order chi connectivity index (χ1) is 11.7. The van der Waals surface area contributed by atoms with Gasteiger partial charge in [-0.3, -0.25) is 14.6 Å². The third kappa shape index (κ3) is 3.50. The molecule has 6 nitrogen and oxygen atoms in total. The standard InChI is InChI=1S/C17H22BFN4O2/c1-16(2)17(3,4)25-18(24-16)14(19)7-6-12-11-23(5)22-15(12)13-10-20-8-9-21-13/h7-11H,6H2,1-5H3. The Morgan fingerprint density at radius 2 is 1.92 bits per heavy atom. The summed E-state index contributed by atoms with van der Waals surface area (Å²) in [6.45, 7) is 7.59. The van der Waals surface area contributed by atoms with Gasteiger partial charge in [-0.15, -0.1) is 0 Å². The Kier molecular flexibility index (Phi) is 4.51. The smallest absolute Gasteiger partial charge is 0.398 e. The second-order valence-electron chi connectivity index (χ2n) is 7.15. The van der Waals surface area contributed by atoms with E-state index in [2.05, 4.69) is 15.1 Å². The summed E-state index contributed by atoms with van der Waals surface area (Å²) in [5.74, 6) is 0. The van der Waals surface area contributed by atoms with Crippen LogP contribution in [0, 0.1) is 0 Å². The van der Waals surface area contributed by atoms with Gasteiger partial charge in [-0.1, -0.05) is 6.08 Å². The molecule has 3 heterocycles. The first kappa shape index (κ1) is 17.8. The number of aryl methyl sites for hydroxylation is 1. The zero-order chi connectivity index (χ0) is 18.2. The number of halogens is 1. The molecule has 8 heteroatoms. The van der Waals surface area contributed by atoms with Crippen LogP contribution in [0.15, 0.2) is 36.6 Å². The molecule has 1 aliphatic heterocycles. The molecule has 0 unspecified atom stereocenters. The van der Waals surface area contributed by atoms with Crippen LogP contribution >= 0.6 is 0 Å². The molecule has 0 radical (unpaired) electrons. The van der Waals surface area contributed by atoms with E-state index >= 15 is 0 Å². The van der Waals surface area contributed by atoms with E-state index in [1.807, 2.05) is 40.9 Å². The third-order valence-corrected chi connectivity index (χ3v) is 4.71. The summed E-state index contributed by atoms with van der Waals surface area (Å²) in [4.78, 5) is 8.32. The van der Waals surface area contributed by atoms with Gasteiger partial charge in [0, 0.05) is 31.2 Å². The minimum absolute atomic E-state index is 0.357. The van der Waals surface area contributed by atoms with Gasteiger partial charge in [0.15, 0.2) is 0 Å². The summed E-state index contributed by atoms with van der Waals surface area (Å²) in [6.07, 6.45) is 8.52. The average Bonchev–Trinajstić information content (AvgIpc) is 3.02. The van der Waals surface area contributed by atoms with Crippen molar-refractivity contribution in [2.45, 2.75) is 45.3 Å². The van der Waals surface area contributed by atoms with E-state index in [0.29, 0.717) is 17.8 Å². The highest BCUT2D eigenvalue weighted by Gasteiger charge is 2.52. The first-order valence-corrected chi connectivity index (χ1v) is 8.20. The van der Waals surface area contributed by atoms with E-state index in [0.717, 1.165) is 5.56 Å². The molecule has 0 amide bonds. The van der Waals surface area contributed by atoms with Crippen molar-refractivity contribution in [2.24, 2.45) is 7.05 Å². The minimum Gasteiger partial charge on any atom is -0.398 e. The van der Waals surface area contributed by atoms with Crippen LogP contribution in [0.4, 0.5) is 4.39 Å². The fraction of sp³-hybridized carbons (Fsp3) is 0.471. The summed E-state index contributed by atoms with van der Waals surface area (Å²) in [7, 11) is 0.833. The largest absolute Gasteiger partial charge is 0.524 e. The van der Waals surface area contributed by atoms with Crippen molar-refractivity contribution in [1.29, 1.82) is 0 Å². The molecule has 132 valence electrons. The lowest BCUT2D eigenvalue weighted by atomic mass is 9.87. The quantitative estimate of drug-likeness (QED) is 0.798. The molecular formula is C17H22BFN4O2. The average molecular weight is 344 g/mol. The summed E-state index contributed by atoms with van der Waals surface area (Å²) < 4.78 is 27.7. The number of hydrogen-bond donors (Lipinski definition) is 0. The SMILES string of the molecule is Cn1cc(CC=C(F)B2OC(C)(C)C(C)(C)O2)c(-c2cnccn2)n1. The summed E-state index contributed by atoms with van der Waals surface area (Å²) in [5.41, 5.74) is 0.627. The zero-order valence-corrected chi connectivity index (χ0v) is 15.2. The van der Waals surface area contributed by atoms with Gasteiger partial charge in [-0.2, -0.15) is 5.10 Å². The van der Waals surface area contributed by atoms with Gasteiger partial charge in [-0.25, -0.2) is 4.39 Å². The highest BCUT2D eigenvalue weighted by atomic mass is 19.1. The Balaban J connectivity index is 1.79. The van der Waals surface area contributed by atoms with Gasteiger partial charge in [0.05, 0.1) is 17.4 Å². The number of aromatic nitrogens is 4. The molecule has 2 aromatic rings. The summed E-state index contributed by atoms with van der Waals surface area (Å²) >= 11 is 0. The molecule has 0 aliphatic carbocycles. The maximum Gasteiger partial charge on any atom is 0.524 e. The van der Waals surface area contributed by atoms with E-state index in [-0.39, 0.29) is 0 Å². The van der Waals surface area contributed by atoms with E-state index in [1.54, 1.807) is 23.3 Å². The van der Waals surface area contributed by atoms with Crippen LogP contribution in [0.25, 0.3) is 11.4 Å². The van der Waals surface area contributed by atoms with Crippen molar-refractivity contribution in [2.75, 3.05) is 0 Å². The van der Waals surface area contributed by atoms with Crippen LogP contribution < -0.4 is 0 Å². The van der Waals surface area contributed by atoms with Crippen molar-refractivity contribution in [1.82, 2.24) is 19.7 Å². The Morgan fingerprint density at radius 1 is 1.24 bits per heavy atom. The fourth-order valence-corrected chi connectivity index (χ4v) is 2.58. The van der Waals surface area contributed by atoms with Gasteiger partial charge in [0.25, 0.3) is 0 Å². The number of nitrogens with zero attached hydrogens (tertiary/aromatic N) is 4. The Labute approximate surface area is 147 Å². The molecule has 0 atom stereocenters. The van der Waals surface area contributed by atoms with Crippen LogP contribution in [0.1, 0.15) is 33.3 Å². The molecule has 1 aliphatic rings. The van der Waals surface area contributed by atoms with Gasteiger partial charge in [-0.05, 0) is 34.1 Å². The maximum atomic E-state index is 14.6. The second kappa shape index (κ2) is 6.35. The summed E-state index contributed by atoms with van der Waals surface area (Å²) in [5, 5.41) is 4.40. The van der Waals surface area contributed by atoms with Crippen LogP contribution in [-0.2, 0) is 22.8 Å². The van der Waals surface area contributed by atoms with Crippen molar-refractivity contribution < 1.29 is 13.7 Å². The Morgan fingerprint density at radius 3 is 2.52 bits per heavy atom. The first-order valence-electron chi connectivity index (χ1n) is 8.20. The topological polar surface area (TPSA) is 62.1 Å². The van der Waals surface area contributed by atoms with Gasteiger partial charge in [0.1, 0.15) is 17.1 Å². The molecule has 2 aromatic heterocycles. The normalized spacial score (nSPS) is 19.4. The predicted octanol–water partition coefficient (Wildman–Crippen LogP) is 2.90. The number of hydrogen-bond acceptors (Lipinski definition) is 5. The minimum atomic E-state index is -0.985. The molecule has 3 rings (SSSR count). The third-order valence-electron chi connectivity index (χ3n) is 4.71. The van der Waals surface area contributed by atoms with Gasteiger partial charge in [0.2, 0.25) is 0 Å². The molecular weight excluding hydrogens is 322 g/mol. The van der Waals surface area contributed by atoms with E-state index in [9.17, 15) is 4.39 Å². The van der Waals surface area contributed by atoms with Crippen molar-refractivity contribution in [3.8, 4) is 11.4 Å². The van der Waals surface area contributed by atoms with E-state index in [1.165, 1.54) is 6.08 Å². The second-order valence-corrected chi connectivity index (χ2v) is 7.15.